The molecule has 0 radical (unpaired) electrons. The van der Waals surface area contributed by atoms with E-state index in [1.54, 1.807) is 0 Å². The van der Waals surface area contributed by atoms with Crippen LogP contribution in [-0.2, 0) is 12.8 Å². The van der Waals surface area contributed by atoms with Gasteiger partial charge in [0.15, 0.2) is 0 Å². The third-order valence-corrected chi connectivity index (χ3v) is 3.22. The fraction of sp³-hybridized carbons (Fsp3) is 0.308. The maximum Gasteiger partial charge on any atom is 0.0605 e. The monoisotopic (exact) mass is 183 g/mol. The van der Waals surface area contributed by atoms with E-state index in [4.69, 9.17) is 0 Å². The van der Waals surface area contributed by atoms with Gasteiger partial charge in [0, 0.05) is 12.1 Å². The molecule has 1 aromatic rings. The normalized spacial score (nSPS) is 28.3. The molecule has 70 valence electrons. The topological polar surface area (TPSA) is 12.4 Å². The maximum atomic E-state index is 4.54. The Hall–Kier alpha value is -1.37. The molecule has 1 heteroatoms. The molecule has 2 atom stereocenters. The Morgan fingerprint density at radius 1 is 1.07 bits per heavy atom. The van der Waals surface area contributed by atoms with Gasteiger partial charge < -0.3 is 0 Å². The summed E-state index contributed by atoms with van der Waals surface area (Å²) in [5.41, 5.74) is 3.00. The second kappa shape index (κ2) is 3.09. The van der Waals surface area contributed by atoms with Crippen LogP contribution in [0.1, 0.15) is 11.1 Å². The lowest BCUT2D eigenvalue weighted by atomic mass is 9.79. The van der Waals surface area contributed by atoms with E-state index in [-0.39, 0.29) is 0 Å². The molecule has 2 aliphatic rings. The Labute approximate surface area is 84.2 Å². The van der Waals surface area contributed by atoms with E-state index in [1.807, 2.05) is 6.21 Å². The van der Waals surface area contributed by atoms with E-state index in [1.165, 1.54) is 11.1 Å². The number of dihydropyridines is 1. The van der Waals surface area contributed by atoms with Crippen LogP contribution in [0, 0.1) is 5.92 Å². The Morgan fingerprint density at radius 3 is 2.71 bits per heavy atom. The quantitative estimate of drug-likeness (QED) is 0.585. The largest absolute Gasteiger partial charge is 0.289 e. The first-order valence-electron chi connectivity index (χ1n) is 5.20. The van der Waals surface area contributed by atoms with Gasteiger partial charge in [-0.15, -0.1) is 0 Å². The highest BCUT2D eigenvalue weighted by atomic mass is 14.8. The first-order valence-corrected chi connectivity index (χ1v) is 5.20. The molecular formula is C13H13N. The molecular weight excluding hydrogens is 170 g/mol. The van der Waals surface area contributed by atoms with Crippen molar-refractivity contribution >= 4 is 6.21 Å². The lowest BCUT2D eigenvalue weighted by molar-refractivity contribution is 0.468. The number of allylic oxidation sites excluding steroid dienone is 1. The second-order valence-electron chi connectivity index (χ2n) is 4.09. The molecule has 1 unspecified atom stereocenters. The van der Waals surface area contributed by atoms with Gasteiger partial charge >= 0.3 is 0 Å². The highest BCUT2D eigenvalue weighted by Crippen LogP contribution is 2.29. The third-order valence-electron chi connectivity index (χ3n) is 3.22. The smallest absolute Gasteiger partial charge is 0.0605 e. The Bertz CT molecular complexity index is 364. The number of aliphatic imine (C=N–C) groups is 1. The van der Waals surface area contributed by atoms with Gasteiger partial charge in [-0.05, 0) is 30.0 Å². The van der Waals surface area contributed by atoms with Crippen LogP contribution in [-0.4, -0.2) is 12.3 Å². The number of hydrogen-bond acceptors (Lipinski definition) is 1. The number of benzene rings is 1. The fourth-order valence-corrected chi connectivity index (χ4v) is 2.43. The van der Waals surface area contributed by atoms with E-state index in [2.05, 4.69) is 41.4 Å². The van der Waals surface area contributed by atoms with Crippen LogP contribution >= 0.6 is 0 Å². The molecule has 0 fully saturated rings. The van der Waals surface area contributed by atoms with Crippen molar-refractivity contribution in [3.8, 4) is 0 Å². The number of hydrogen-bond donors (Lipinski definition) is 0. The van der Waals surface area contributed by atoms with E-state index in [0.717, 1.165) is 12.8 Å². The predicted molar refractivity (Wildman–Crippen MR) is 58.8 cm³/mol. The van der Waals surface area contributed by atoms with Crippen molar-refractivity contribution in [1.82, 2.24) is 0 Å². The van der Waals surface area contributed by atoms with Crippen LogP contribution in [0.5, 0.6) is 0 Å². The molecule has 1 aromatic carbocycles. The molecule has 1 aliphatic carbocycles. The zero-order valence-electron chi connectivity index (χ0n) is 8.06. The first kappa shape index (κ1) is 7.98. The molecule has 1 nitrogen and oxygen atoms in total. The van der Waals surface area contributed by atoms with Gasteiger partial charge in [0.25, 0.3) is 0 Å². The molecule has 3 rings (SSSR count). The van der Waals surface area contributed by atoms with Gasteiger partial charge in [-0.3, -0.25) is 4.99 Å². The minimum atomic E-state index is 0.495. The second-order valence-corrected chi connectivity index (χ2v) is 4.09. The number of fused-ring (bicyclic) bond motifs is 2. The summed E-state index contributed by atoms with van der Waals surface area (Å²) >= 11 is 0. The van der Waals surface area contributed by atoms with Gasteiger partial charge in [0.1, 0.15) is 0 Å². The SMILES string of the molecule is C1=CC2Cc3ccccc3C[C@H]2N=C1. The van der Waals surface area contributed by atoms with Crippen LogP contribution in [0.3, 0.4) is 0 Å². The number of rotatable bonds is 0. The average molecular weight is 183 g/mol. The highest BCUT2D eigenvalue weighted by molar-refractivity contribution is 5.72. The van der Waals surface area contributed by atoms with Crippen LogP contribution in [0.4, 0.5) is 0 Å². The van der Waals surface area contributed by atoms with Crippen LogP contribution in [0.25, 0.3) is 0 Å². The van der Waals surface area contributed by atoms with Crippen molar-refractivity contribution in [2.75, 3.05) is 0 Å². The average Bonchev–Trinajstić information content (AvgIpc) is 2.26. The lowest BCUT2D eigenvalue weighted by Crippen LogP contribution is -2.28. The van der Waals surface area contributed by atoms with E-state index in [0.29, 0.717) is 12.0 Å². The zero-order valence-corrected chi connectivity index (χ0v) is 8.06. The molecule has 0 saturated carbocycles. The minimum absolute atomic E-state index is 0.495. The summed E-state index contributed by atoms with van der Waals surface area (Å²) in [5.74, 6) is 0.634. The van der Waals surface area contributed by atoms with E-state index >= 15 is 0 Å². The van der Waals surface area contributed by atoms with Crippen molar-refractivity contribution in [2.24, 2.45) is 10.9 Å². The molecule has 0 saturated heterocycles. The third kappa shape index (κ3) is 1.20. The summed E-state index contributed by atoms with van der Waals surface area (Å²) in [6.07, 6.45) is 8.59. The maximum absolute atomic E-state index is 4.54. The van der Waals surface area contributed by atoms with Crippen molar-refractivity contribution in [3.05, 3.63) is 47.5 Å². The van der Waals surface area contributed by atoms with Gasteiger partial charge in [-0.1, -0.05) is 30.3 Å². The molecule has 14 heavy (non-hydrogen) atoms. The molecule has 0 spiro atoms. The molecule has 1 heterocycles. The molecule has 0 bridgehead atoms. The van der Waals surface area contributed by atoms with Crippen LogP contribution in [0.15, 0.2) is 41.4 Å². The van der Waals surface area contributed by atoms with Gasteiger partial charge in [0.05, 0.1) is 6.04 Å². The summed E-state index contributed by atoms with van der Waals surface area (Å²) in [6.45, 7) is 0. The fourth-order valence-electron chi connectivity index (χ4n) is 2.43. The van der Waals surface area contributed by atoms with Crippen molar-refractivity contribution in [3.63, 3.8) is 0 Å². The summed E-state index contributed by atoms with van der Waals surface area (Å²) in [7, 11) is 0. The molecule has 1 aliphatic heterocycles. The van der Waals surface area contributed by atoms with Gasteiger partial charge in [-0.25, -0.2) is 0 Å². The Balaban J connectivity index is 2.00. The minimum Gasteiger partial charge on any atom is -0.289 e. The number of nitrogens with zero attached hydrogens (tertiary/aromatic N) is 1. The summed E-state index contributed by atoms with van der Waals surface area (Å²) < 4.78 is 0. The predicted octanol–water partition coefficient (Wildman–Crippen LogP) is 2.41. The zero-order chi connectivity index (χ0) is 9.38. The van der Waals surface area contributed by atoms with Crippen molar-refractivity contribution in [2.45, 2.75) is 18.9 Å². The van der Waals surface area contributed by atoms with Crippen molar-refractivity contribution in [1.29, 1.82) is 0 Å². The van der Waals surface area contributed by atoms with Gasteiger partial charge in [0.2, 0.25) is 0 Å². The van der Waals surface area contributed by atoms with Crippen LogP contribution < -0.4 is 0 Å². The summed E-state index contributed by atoms with van der Waals surface area (Å²) in [6, 6.07) is 9.24. The molecule has 0 N–H and O–H groups in total. The van der Waals surface area contributed by atoms with Crippen LogP contribution in [0.2, 0.25) is 0 Å². The Morgan fingerprint density at radius 2 is 1.86 bits per heavy atom. The van der Waals surface area contributed by atoms with Gasteiger partial charge in [-0.2, -0.15) is 0 Å². The van der Waals surface area contributed by atoms with E-state index < -0.39 is 0 Å². The molecule has 0 aromatic heterocycles. The molecule has 0 amide bonds. The summed E-state index contributed by atoms with van der Waals surface area (Å²) in [4.78, 5) is 4.54. The van der Waals surface area contributed by atoms with E-state index in [9.17, 15) is 0 Å². The standard InChI is InChI=1S/C13H13N/c1-2-5-11-9-13-12(6-3-7-14-13)8-10(11)4-1/h1-7,12-13H,8-9H2/t12?,13-/m1/s1. The Kier molecular flexibility index (Phi) is 1.76. The van der Waals surface area contributed by atoms with Crippen molar-refractivity contribution < 1.29 is 0 Å². The lowest BCUT2D eigenvalue weighted by Gasteiger charge is -2.29. The summed E-state index contributed by atoms with van der Waals surface area (Å²) in [5, 5.41) is 0. The first-order chi connectivity index (χ1) is 6.93. The highest BCUT2D eigenvalue weighted by Gasteiger charge is 2.26.